The van der Waals surface area contributed by atoms with E-state index in [9.17, 15) is 4.79 Å². The summed E-state index contributed by atoms with van der Waals surface area (Å²) in [4.78, 5) is 10.5. The van der Waals surface area contributed by atoms with Crippen molar-refractivity contribution in [2.75, 3.05) is 12.3 Å². The van der Waals surface area contributed by atoms with Crippen LogP contribution >= 0.6 is 0 Å². The third-order valence-electron chi connectivity index (χ3n) is 2.02. The standard InChI is InChI=1S/C9H9NO2/c10-8-3-6-1-2-12-9(6)4-7(8)5-11/h3-5H,1-2,10H2. The molecule has 0 spiro atoms. The molecule has 3 nitrogen and oxygen atoms in total. The fourth-order valence-electron chi connectivity index (χ4n) is 1.36. The highest BCUT2D eigenvalue weighted by atomic mass is 16.5. The van der Waals surface area contributed by atoms with E-state index in [0.717, 1.165) is 24.0 Å². The number of benzene rings is 1. The molecule has 2 N–H and O–H groups in total. The minimum atomic E-state index is 0.510. The van der Waals surface area contributed by atoms with Crippen LogP contribution in [0, 0.1) is 0 Å². The molecule has 0 unspecified atom stereocenters. The van der Waals surface area contributed by atoms with E-state index in [4.69, 9.17) is 10.5 Å². The Hall–Kier alpha value is -1.51. The van der Waals surface area contributed by atoms with Gasteiger partial charge in [0.1, 0.15) is 5.75 Å². The number of nitrogen functional groups attached to an aromatic ring is 1. The van der Waals surface area contributed by atoms with Crippen molar-refractivity contribution in [3.8, 4) is 5.75 Å². The zero-order valence-electron chi connectivity index (χ0n) is 6.54. The molecule has 12 heavy (non-hydrogen) atoms. The highest BCUT2D eigenvalue weighted by molar-refractivity contribution is 5.84. The Morgan fingerprint density at radius 3 is 3.08 bits per heavy atom. The van der Waals surface area contributed by atoms with Gasteiger partial charge in [0.05, 0.1) is 6.61 Å². The average molecular weight is 163 g/mol. The van der Waals surface area contributed by atoms with Crippen molar-refractivity contribution < 1.29 is 9.53 Å². The Morgan fingerprint density at radius 1 is 1.50 bits per heavy atom. The monoisotopic (exact) mass is 163 g/mol. The van der Waals surface area contributed by atoms with Crippen molar-refractivity contribution in [2.24, 2.45) is 0 Å². The van der Waals surface area contributed by atoms with Crippen molar-refractivity contribution in [1.82, 2.24) is 0 Å². The zero-order chi connectivity index (χ0) is 8.55. The molecule has 1 aliphatic rings. The SMILES string of the molecule is Nc1cc2c(cc1C=O)OCC2. The van der Waals surface area contributed by atoms with Gasteiger partial charge in [-0.15, -0.1) is 0 Å². The minimum Gasteiger partial charge on any atom is -0.493 e. The Labute approximate surface area is 70.1 Å². The van der Waals surface area contributed by atoms with Gasteiger partial charge in [-0.05, 0) is 17.7 Å². The normalized spacial score (nSPS) is 13.7. The summed E-state index contributed by atoms with van der Waals surface area (Å²) >= 11 is 0. The van der Waals surface area contributed by atoms with Crippen molar-refractivity contribution in [3.05, 3.63) is 23.3 Å². The molecular weight excluding hydrogens is 154 g/mol. The van der Waals surface area contributed by atoms with Crippen LogP contribution in [0.2, 0.25) is 0 Å². The van der Waals surface area contributed by atoms with E-state index in [1.165, 1.54) is 0 Å². The van der Waals surface area contributed by atoms with Crippen LogP contribution in [0.5, 0.6) is 5.75 Å². The molecule has 0 saturated carbocycles. The van der Waals surface area contributed by atoms with Crippen LogP contribution in [0.15, 0.2) is 12.1 Å². The smallest absolute Gasteiger partial charge is 0.152 e. The number of nitrogens with two attached hydrogens (primary N) is 1. The highest BCUT2D eigenvalue weighted by Crippen LogP contribution is 2.29. The van der Waals surface area contributed by atoms with Gasteiger partial charge >= 0.3 is 0 Å². The summed E-state index contributed by atoms with van der Waals surface area (Å²) < 4.78 is 5.28. The van der Waals surface area contributed by atoms with Crippen molar-refractivity contribution in [3.63, 3.8) is 0 Å². The minimum absolute atomic E-state index is 0.510. The van der Waals surface area contributed by atoms with E-state index in [-0.39, 0.29) is 0 Å². The van der Waals surface area contributed by atoms with Gasteiger partial charge in [-0.1, -0.05) is 0 Å². The maximum absolute atomic E-state index is 10.5. The lowest BCUT2D eigenvalue weighted by Crippen LogP contribution is -1.93. The van der Waals surface area contributed by atoms with E-state index in [1.807, 2.05) is 6.07 Å². The van der Waals surface area contributed by atoms with Gasteiger partial charge in [0.25, 0.3) is 0 Å². The summed E-state index contributed by atoms with van der Waals surface area (Å²) in [5.41, 5.74) is 7.76. The first-order valence-electron chi connectivity index (χ1n) is 3.81. The first-order chi connectivity index (χ1) is 5.81. The molecular formula is C9H9NO2. The molecule has 1 aliphatic heterocycles. The van der Waals surface area contributed by atoms with Crippen molar-refractivity contribution in [1.29, 1.82) is 0 Å². The molecule has 0 saturated heterocycles. The van der Waals surface area contributed by atoms with E-state index in [2.05, 4.69) is 0 Å². The number of anilines is 1. The number of carbonyl (C=O) groups is 1. The molecule has 2 rings (SSSR count). The predicted molar refractivity (Wildman–Crippen MR) is 45.4 cm³/mol. The molecule has 1 aromatic carbocycles. The van der Waals surface area contributed by atoms with Crippen LogP contribution in [0.3, 0.4) is 0 Å². The van der Waals surface area contributed by atoms with E-state index >= 15 is 0 Å². The number of rotatable bonds is 1. The Balaban J connectivity index is 2.56. The van der Waals surface area contributed by atoms with Gasteiger partial charge in [0.2, 0.25) is 0 Å². The first-order valence-corrected chi connectivity index (χ1v) is 3.81. The van der Waals surface area contributed by atoms with Gasteiger partial charge in [0.15, 0.2) is 6.29 Å². The second-order valence-electron chi connectivity index (χ2n) is 2.81. The zero-order valence-corrected chi connectivity index (χ0v) is 6.54. The number of hydrogen-bond donors (Lipinski definition) is 1. The summed E-state index contributed by atoms with van der Waals surface area (Å²) in [7, 11) is 0. The molecule has 0 atom stereocenters. The van der Waals surface area contributed by atoms with Crippen LogP contribution in [0.1, 0.15) is 15.9 Å². The largest absolute Gasteiger partial charge is 0.493 e. The molecule has 0 bridgehead atoms. The number of hydrogen-bond acceptors (Lipinski definition) is 3. The topological polar surface area (TPSA) is 52.3 Å². The van der Waals surface area contributed by atoms with Gasteiger partial charge in [-0.3, -0.25) is 4.79 Å². The van der Waals surface area contributed by atoms with Crippen LogP contribution in [-0.4, -0.2) is 12.9 Å². The molecule has 3 heteroatoms. The van der Waals surface area contributed by atoms with E-state index in [0.29, 0.717) is 17.9 Å². The lowest BCUT2D eigenvalue weighted by atomic mass is 10.1. The van der Waals surface area contributed by atoms with Gasteiger partial charge in [-0.2, -0.15) is 0 Å². The lowest BCUT2D eigenvalue weighted by Gasteiger charge is -2.02. The Bertz CT molecular complexity index is 334. The van der Waals surface area contributed by atoms with Crippen LogP contribution < -0.4 is 10.5 Å². The van der Waals surface area contributed by atoms with Gasteiger partial charge < -0.3 is 10.5 Å². The highest BCUT2D eigenvalue weighted by Gasteiger charge is 2.13. The van der Waals surface area contributed by atoms with Crippen LogP contribution in [-0.2, 0) is 6.42 Å². The molecule has 0 fully saturated rings. The maximum atomic E-state index is 10.5. The predicted octanol–water partition coefficient (Wildman–Crippen LogP) is 1.02. The second-order valence-corrected chi connectivity index (χ2v) is 2.81. The number of fused-ring (bicyclic) bond motifs is 1. The Kier molecular flexibility index (Phi) is 1.50. The third-order valence-corrected chi connectivity index (χ3v) is 2.02. The van der Waals surface area contributed by atoms with Crippen molar-refractivity contribution >= 4 is 12.0 Å². The summed E-state index contributed by atoms with van der Waals surface area (Å²) in [6.45, 7) is 0.692. The van der Waals surface area contributed by atoms with Gasteiger partial charge in [0, 0.05) is 17.7 Å². The summed E-state index contributed by atoms with van der Waals surface area (Å²) in [5.74, 6) is 0.798. The molecule has 0 aliphatic carbocycles. The summed E-state index contributed by atoms with van der Waals surface area (Å²) in [6.07, 6.45) is 1.63. The molecule has 0 amide bonds. The van der Waals surface area contributed by atoms with Crippen molar-refractivity contribution in [2.45, 2.75) is 6.42 Å². The molecule has 62 valence electrons. The number of ether oxygens (including phenoxy) is 1. The molecule has 0 radical (unpaired) electrons. The molecule has 1 aromatic rings. The number of aldehydes is 1. The summed E-state index contributed by atoms with van der Waals surface area (Å²) in [6, 6.07) is 3.51. The van der Waals surface area contributed by atoms with Crippen LogP contribution in [0.25, 0.3) is 0 Å². The fourth-order valence-corrected chi connectivity index (χ4v) is 1.36. The third kappa shape index (κ3) is 0.942. The second kappa shape index (κ2) is 2.52. The fraction of sp³-hybridized carbons (Fsp3) is 0.222. The average Bonchev–Trinajstić information content (AvgIpc) is 2.49. The van der Waals surface area contributed by atoms with E-state index in [1.54, 1.807) is 6.07 Å². The quantitative estimate of drug-likeness (QED) is 0.496. The van der Waals surface area contributed by atoms with Crippen LogP contribution in [0.4, 0.5) is 5.69 Å². The first kappa shape index (κ1) is 7.16. The molecule has 0 aromatic heterocycles. The van der Waals surface area contributed by atoms with E-state index < -0.39 is 0 Å². The van der Waals surface area contributed by atoms with Gasteiger partial charge in [-0.25, -0.2) is 0 Å². The lowest BCUT2D eigenvalue weighted by molar-refractivity contribution is 0.112. The number of carbonyl (C=O) groups excluding carboxylic acids is 1. The maximum Gasteiger partial charge on any atom is 0.152 e. The summed E-state index contributed by atoms with van der Waals surface area (Å²) in [5, 5.41) is 0. The molecule has 1 heterocycles. The Morgan fingerprint density at radius 2 is 2.33 bits per heavy atom.